The molecule has 1 fully saturated rings. The minimum absolute atomic E-state index is 0.448. The van der Waals surface area contributed by atoms with Crippen molar-refractivity contribution >= 4 is 17.9 Å². The maximum Gasteiger partial charge on any atom is 0.0991 e. The molecule has 2 aromatic carbocycles. The minimum Gasteiger partial charge on any atom is -0.0620 e. The minimum atomic E-state index is -1.20. The predicted octanol–water partition coefficient (Wildman–Crippen LogP) is 5.11. The van der Waals surface area contributed by atoms with Gasteiger partial charge in [0.15, 0.2) is 0 Å². The summed E-state index contributed by atoms with van der Waals surface area (Å²) in [5.74, 6) is 0.869. The molecule has 0 unspecified atom stereocenters. The summed E-state index contributed by atoms with van der Waals surface area (Å²) in [5, 5.41) is 3.21. The molecule has 0 spiro atoms. The lowest BCUT2D eigenvalue weighted by molar-refractivity contribution is 0.223. The average molecular weight is 311 g/mol. The van der Waals surface area contributed by atoms with Gasteiger partial charge in [-0.1, -0.05) is 57.2 Å². The van der Waals surface area contributed by atoms with E-state index < -0.39 is 7.26 Å². The van der Waals surface area contributed by atoms with Gasteiger partial charge in [-0.15, -0.1) is 0 Å². The average Bonchev–Trinajstić information content (AvgIpc) is 2.56. The van der Waals surface area contributed by atoms with Crippen molar-refractivity contribution in [3.63, 3.8) is 0 Å². The molecule has 0 atom stereocenters. The smallest absolute Gasteiger partial charge is 0.0620 e. The maximum absolute atomic E-state index is 2.41. The second kappa shape index (κ2) is 6.17. The van der Waals surface area contributed by atoms with Gasteiger partial charge in [0.25, 0.3) is 0 Å². The Morgan fingerprint density at radius 2 is 1.14 bits per heavy atom. The lowest BCUT2D eigenvalue weighted by atomic mass is 9.77. The Kier molecular flexibility index (Phi) is 4.42. The summed E-state index contributed by atoms with van der Waals surface area (Å²) in [4.78, 5) is 0. The van der Waals surface area contributed by atoms with Crippen molar-refractivity contribution in [2.75, 3.05) is 12.3 Å². The van der Waals surface area contributed by atoms with Crippen LogP contribution in [0.3, 0.4) is 0 Å². The van der Waals surface area contributed by atoms with Gasteiger partial charge < -0.3 is 0 Å². The van der Waals surface area contributed by atoms with E-state index >= 15 is 0 Å². The van der Waals surface area contributed by atoms with Crippen molar-refractivity contribution < 1.29 is 0 Å². The van der Waals surface area contributed by atoms with Crippen molar-refractivity contribution in [3.05, 3.63) is 60.7 Å². The first-order valence-electron chi connectivity index (χ1n) is 8.51. The summed E-state index contributed by atoms with van der Waals surface area (Å²) < 4.78 is 0. The highest BCUT2D eigenvalue weighted by Gasteiger charge is 2.47. The Balaban J connectivity index is 1.97. The molecular weight excluding hydrogens is 283 g/mol. The van der Waals surface area contributed by atoms with E-state index in [2.05, 4.69) is 81.4 Å². The van der Waals surface area contributed by atoms with Crippen LogP contribution in [-0.2, 0) is 0 Å². The lowest BCUT2D eigenvalue weighted by Crippen LogP contribution is -2.35. The van der Waals surface area contributed by atoms with E-state index in [1.807, 2.05) is 0 Å². The summed E-state index contributed by atoms with van der Waals surface area (Å²) in [6.45, 7) is 7.23. The standard InChI is InChI=1S/C21H28P/c1-21(2,3)18-14-16-22(17-15-18,19-10-6-4-7-11-19)20-12-8-5-9-13-20/h4-13,18H,14-17H2,1-3H3/q+1. The molecule has 1 heteroatoms. The molecule has 22 heavy (non-hydrogen) atoms. The number of rotatable bonds is 2. The van der Waals surface area contributed by atoms with Crippen molar-refractivity contribution in [1.29, 1.82) is 0 Å². The van der Waals surface area contributed by atoms with Gasteiger partial charge in [-0.05, 0) is 48.4 Å². The van der Waals surface area contributed by atoms with Crippen LogP contribution in [0.2, 0.25) is 0 Å². The van der Waals surface area contributed by atoms with Gasteiger partial charge in [0, 0.05) is 0 Å². The predicted molar refractivity (Wildman–Crippen MR) is 101 cm³/mol. The van der Waals surface area contributed by atoms with Gasteiger partial charge in [-0.2, -0.15) is 0 Å². The van der Waals surface area contributed by atoms with Crippen LogP contribution in [0.4, 0.5) is 0 Å². The fourth-order valence-electron chi connectivity index (χ4n) is 3.97. The van der Waals surface area contributed by atoms with Crippen LogP contribution in [0.1, 0.15) is 33.6 Å². The highest BCUT2D eigenvalue weighted by atomic mass is 31.2. The zero-order valence-electron chi connectivity index (χ0n) is 14.1. The van der Waals surface area contributed by atoms with Crippen molar-refractivity contribution in [2.24, 2.45) is 11.3 Å². The SMILES string of the molecule is CC(C)(C)C1CC[P+](c2ccccc2)(c2ccccc2)CC1. The summed E-state index contributed by atoms with van der Waals surface area (Å²) in [5.41, 5.74) is 0.448. The zero-order valence-corrected chi connectivity index (χ0v) is 15.0. The molecule has 0 nitrogen and oxygen atoms in total. The molecule has 1 aliphatic heterocycles. The van der Waals surface area contributed by atoms with Crippen molar-refractivity contribution in [2.45, 2.75) is 33.6 Å². The van der Waals surface area contributed by atoms with E-state index in [9.17, 15) is 0 Å². The Bertz CT molecular complexity index is 545. The van der Waals surface area contributed by atoms with Crippen LogP contribution in [0.5, 0.6) is 0 Å². The molecule has 2 aromatic rings. The zero-order chi connectivity index (χ0) is 15.6. The summed E-state index contributed by atoms with van der Waals surface area (Å²) in [6, 6.07) is 22.7. The monoisotopic (exact) mass is 311 g/mol. The van der Waals surface area contributed by atoms with E-state index in [1.54, 1.807) is 10.6 Å². The quantitative estimate of drug-likeness (QED) is 0.676. The molecular formula is C21H28P+. The van der Waals surface area contributed by atoms with E-state index in [0.29, 0.717) is 5.41 Å². The second-order valence-electron chi connectivity index (χ2n) is 7.73. The molecule has 116 valence electrons. The second-order valence-corrected chi connectivity index (χ2v) is 11.6. The summed E-state index contributed by atoms with van der Waals surface area (Å²) >= 11 is 0. The molecule has 0 N–H and O–H groups in total. The third-order valence-electron chi connectivity index (χ3n) is 5.44. The highest BCUT2D eigenvalue weighted by Crippen LogP contribution is 2.62. The first kappa shape index (κ1) is 15.8. The van der Waals surface area contributed by atoms with E-state index in [1.165, 1.54) is 25.2 Å². The molecule has 0 aliphatic carbocycles. The summed E-state index contributed by atoms with van der Waals surface area (Å²) in [7, 11) is -1.20. The molecule has 0 aromatic heterocycles. The molecule has 0 radical (unpaired) electrons. The first-order chi connectivity index (χ1) is 10.5. The van der Waals surface area contributed by atoms with Gasteiger partial charge in [0.05, 0.1) is 30.2 Å². The molecule has 0 saturated carbocycles. The Morgan fingerprint density at radius 3 is 1.50 bits per heavy atom. The Hall–Kier alpha value is -1.13. The lowest BCUT2D eigenvalue weighted by Gasteiger charge is -2.39. The molecule has 0 bridgehead atoms. The molecule has 0 amide bonds. The van der Waals surface area contributed by atoms with E-state index in [-0.39, 0.29) is 0 Å². The first-order valence-corrected chi connectivity index (χ1v) is 10.7. The largest absolute Gasteiger partial charge is 0.0991 e. The number of benzene rings is 2. The molecule has 3 rings (SSSR count). The van der Waals surface area contributed by atoms with Crippen LogP contribution < -0.4 is 10.6 Å². The third-order valence-corrected chi connectivity index (χ3v) is 10.1. The highest BCUT2D eigenvalue weighted by molar-refractivity contribution is 7.89. The molecule has 1 saturated heterocycles. The normalized spacial score (nSPS) is 19.0. The van der Waals surface area contributed by atoms with Crippen LogP contribution in [-0.4, -0.2) is 12.3 Å². The van der Waals surface area contributed by atoms with Crippen LogP contribution in [0.15, 0.2) is 60.7 Å². The fraction of sp³-hybridized carbons (Fsp3) is 0.429. The Morgan fingerprint density at radius 1 is 0.727 bits per heavy atom. The molecule has 1 aliphatic rings. The fourth-order valence-corrected chi connectivity index (χ4v) is 8.51. The van der Waals surface area contributed by atoms with Gasteiger partial charge >= 0.3 is 0 Å². The molecule has 1 heterocycles. The summed E-state index contributed by atoms with van der Waals surface area (Å²) in [6.07, 6.45) is 5.51. The van der Waals surface area contributed by atoms with E-state index in [4.69, 9.17) is 0 Å². The van der Waals surface area contributed by atoms with Gasteiger partial charge in [0.2, 0.25) is 0 Å². The van der Waals surface area contributed by atoms with Gasteiger partial charge in [-0.25, -0.2) is 0 Å². The topological polar surface area (TPSA) is 0 Å². The Labute approximate surface area is 136 Å². The maximum atomic E-state index is 2.41. The number of hydrogen-bond donors (Lipinski definition) is 0. The third kappa shape index (κ3) is 2.99. The van der Waals surface area contributed by atoms with E-state index in [0.717, 1.165) is 5.92 Å². The van der Waals surface area contributed by atoms with Crippen molar-refractivity contribution in [3.8, 4) is 0 Å². The van der Waals surface area contributed by atoms with Gasteiger partial charge in [0.1, 0.15) is 0 Å². The van der Waals surface area contributed by atoms with Crippen molar-refractivity contribution in [1.82, 2.24) is 0 Å². The number of hydrogen-bond acceptors (Lipinski definition) is 0. The van der Waals surface area contributed by atoms with Crippen LogP contribution >= 0.6 is 7.26 Å². The van der Waals surface area contributed by atoms with Crippen LogP contribution in [0, 0.1) is 11.3 Å². The van der Waals surface area contributed by atoms with Gasteiger partial charge in [-0.3, -0.25) is 0 Å². The van der Waals surface area contributed by atoms with Crippen LogP contribution in [0.25, 0.3) is 0 Å².